The largest absolute Gasteiger partial charge is 0.388 e. The Labute approximate surface area is 96.4 Å². The summed E-state index contributed by atoms with van der Waals surface area (Å²) in [5, 5.41) is 13.6. The Morgan fingerprint density at radius 3 is 2.69 bits per heavy atom. The van der Waals surface area contributed by atoms with Gasteiger partial charge in [0.05, 0.1) is 5.60 Å². The first-order valence-electron chi connectivity index (χ1n) is 5.79. The van der Waals surface area contributed by atoms with Crippen molar-refractivity contribution in [3.8, 4) is 0 Å². The Morgan fingerprint density at radius 2 is 2.00 bits per heavy atom. The van der Waals surface area contributed by atoms with Crippen molar-refractivity contribution in [3.05, 3.63) is 29.8 Å². The second kappa shape index (κ2) is 4.85. The van der Waals surface area contributed by atoms with Crippen LogP contribution in [0.5, 0.6) is 0 Å². The summed E-state index contributed by atoms with van der Waals surface area (Å²) in [4.78, 5) is 0. The Hall–Kier alpha value is -1.06. The fourth-order valence-electron chi connectivity index (χ4n) is 1.96. The minimum Gasteiger partial charge on any atom is -0.388 e. The Morgan fingerprint density at radius 1 is 1.31 bits per heavy atom. The van der Waals surface area contributed by atoms with E-state index in [9.17, 15) is 5.11 Å². The van der Waals surface area contributed by atoms with E-state index in [1.165, 1.54) is 5.56 Å². The summed E-state index contributed by atoms with van der Waals surface area (Å²) in [6, 6.07) is 8.13. The fraction of sp³-hybridized carbons (Fsp3) is 0.538. The van der Waals surface area contributed by atoms with E-state index in [1.807, 2.05) is 18.2 Å². The summed E-state index contributed by atoms with van der Waals surface area (Å²) in [6.45, 7) is 3.98. The maximum atomic E-state index is 10.3. The van der Waals surface area contributed by atoms with E-state index in [0.29, 0.717) is 32.6 Å². The zero-order valence-corrected chi connectivity index (χ0v) is 9.70. The second-order valence-electron chi connectivity index (χ2n) is 4.51. The molecular formula is C13H19NO2. The second-order valence-corrected chi connectivity index (χ2v) is 4.51. The molecule has 16 heavy (non-hydrogen) atoms. The van der Waals surface area contributed by atoms with Crippen LogP contribution in [0.15, 0.2) is 24.3 Å². The number of rotatable bonds is 3. The molecule has 0 aromatic heterocycles. The van der Waals surface area contributed by atoms with Crippen molar-refractivity contribution >= 4 is 5.69 Å². The van der Waals surface area contributed by atoms with Gasteiger partial charge in [-0.05, 0) is 18.6 Å². The molecule has 2 rings (SSSR count). The third kappa shape index (κ3) is 2.74. The maximum absolute atomic E-state index is 10.3. The number of hydrogen-bond acceptors (Lipinski definition) is 3. The fourth-order valence-corrected chi connectivity index (χ4v) is 1.96. The first kappa shape index (κ1) is 11.4. The van der Waals surface area contributed by atoms with Gasteiger partial charge in [0.2, 0.25) is 0 Å². The summed E-state index contributed by atoms with van der Waals surface area (Å²) >= 11 is 0. The molecule has 0 aliphatic carbocycles. The highest BCUT2D eigenvalue weighted by Crippen LogP contribution is 2.22. The summed E-state index contributed by atoms with van der Waals surface area (Å²) < 4.78 is 5.25. The molecule has 1 aliphatic rings. The zero-order chi connectivity index (χ0) is 11.4. The lowest BCUT2D eigenvalue weighted by atomic mass is 9.94. The molecule has 1 aromatic rings. The molecule has 0 atom stereocenters. The first-order chi connectivity index (χ1) is 7.70. The van der Waals surface area contributed by atoms with Crippen LogP contribution < -0.4 is 5.32 Å². The van der Waals surface area contributed by atoms with E-state index >= 15 is 0 Å². The summed E-state index contributed by atoms with van der Waals surface area (Å²) in [7, 11) is 0. The topological polar surface area (TPSA) is 41.5 Å². The van der Waals surface area contributed by atoms with Crippen molar-refractivity contribution in [2.75, 3.05) is 25.1 Å². The number of ether oxygens (including phenoxy) is 1. The number of hydrogen-bond donors (Lipinski definition) is 2. The van der Waals surface area contributed by atoms with Gasteiger partial charge in [-0.2, -0.15) is 0 Å². The van der Waals surface area contributed by atoms with Crippen LogP contribution in [0, 0.1) is 6.92 Å². The molecule has 1 aliphatic heterocycles. The number of anilines is 1. The molecular weight excluding hydrogens is 202 g/mol. The molecule has 0 spiro atoms. The van der Waals surface area contributed by atoms with Crippen LogP contribution in [0.25, 0.3) is 0 Å². The van der Waals surface area contributed by atoms with Crippen LogP contribution in [0.2, 0.25) is 0 Å². The molecule has 1 heterocycles. The maximum Gasteiger partial charge on any atom is 0.0863 e. The zero-order valence-electron chi connectivity index (χ0n) is 9.70. The molecule has 0 unspecified atom stereocenters. The molecule has 88 valence electrons. The van der Waals surface area contributed by atoms with Gasteiger partial charge in [0.25, 0.3) is 0 Å². The van der Waals surface area contributed by atoms with Crippen LogP contribution in [0.3, 0.4) is 0 Å². The van der Waals surface area contributed by atoms with Crippen molar-refractivity contribution in [1.82, 2.24) is 0 Å². The van der Waals surface area contributed by atoms with Gasteiger partial charge >= 0.3 is 0 Å². The van der Waals surface area contributed by atoms with Gasteiger partial charge < -0.3 is 15.2 Å². The highest BCUT2D eigenvalue weighted by atomic mass is 16.5. The van der Waals surface area contributed by atoms with Gasteiger partial charge in [-0.3, -0.25) is 0 Å². The van der Waals surface area contributed by atoms with E-state index in [1.54, 1.807) is 0 Å². The molecule has 0 bridgehead atoms. The molecule has 3 nitrogen and oxygen atoms in total. The Balaban J connectivity index is 1.94. The lowest BCUT2D eigenvalue weighted by Crippen LogP contribution is -2.42. The predicted molar refractivity (Wildman–Crippen MR) is 64.7 cm³/mol. The predicted octanol–water partition coefficient (Wildman–Crippen LogP) is 1.95. The third-order valence-electron chi connectivity index (χ3n) is 3.18. The average molecular weight is 221 g/mol. The van der Waals surface area contributed by atoms with Gasteiger partial charge in [-0.1, -0.05) is 18.2 Å². The van der Waals surface area contributed by atoms with Crippen LogP contribution in [-0.4, -0.2) is 30.5 Å². The van der Waals surface area contributed by atoms with E-state index in [4.69, 9.17) is 4.74 Å². The van der Waals surface area contributed by atoms with Gasteiger partial charge in [-0.15, -0.1) is 0 Å². The van der Waals surface area contributed by atoms with E-state index < -0.39 is 5.60 Å². The lowest BCUT2D eigenvalue weighted by Gasteiger charge is -2.32. The molecule has 1 fully saturated rings. The van der Waals surface area contributed by atoms with E-state index in [-0.39, 0.29) is 0 Å². The highest BCUT2D eigenvalue weighted by molar-refractivity contribution is 5.50. The van der Waals surface area contributed by atoms with Crippen LogP contribution >= 0.6 is 0 Å². The van der Waals surface area contributed by atoms with Crippen molar-refractivity contribution in [3.63, 3.8) is 0 Å². The lowest BCUT2D eigenvalue weighted by molar-refractivity contribution is -0.0543. The molecule has 1 aromatic carbocycles. The minimum absolute atomic E-state index is 0.598. The van der Waals surface area contributed by atoms with Crippen LogP contribution in [0.4, 0.5) is 5.69 Å². The molecule has 0 radical (unpaired) electrons. The van der Waals surface area contributed by atoms with Crippen molar-refractivity contribution < 1.29 is 9.84 Å². The van der Waals surface area contributed by atoms with Gasteiger partial charge in [-0.25, -0.2) is 0 Å². The van der Waals surface area contributed by atoms with Gasteiger partial charge in [0.15, 0.2) is 0 Å². The summed E-state index contributed by atoms with van der Waals surface area (Å²) in [5.41, 5.74) is 1.70. The van der Waals surface area contributed by atoms with Gasteiger partial charge in [0.1, 0.15) is 0 Å². The standard InChI is InChI=1S/C13H19NO2/c1-11-4-2-3-5-12(11)14-10-13(15)6-8-16-9-7-13/h2-5,14-15H,6-10H2,1H3. The first-order valence-corrected chi connectivity index (χ1v) is 5.79. The summed E-state index contributed by atoms with van der Waals surface area (Å²) in [5.74, 6) is 0. The van der Waals surface area contributed by atoms with E-state index in [2.05, 4.69) is 18.3 Å². The van der Waals surface area contributed by atoms with Gasteiger partial charge in [0, 0.05) is 38.3 Å². The Kier molecular flexibility index (Phi) is 3.46. The highest BCUT2D eigenvalue weighted by Gasteiger charge is 2.29. The van der Waals surface area contributed by atoms with Crippen molar-refractivity contribution in [2.45, 2.75) is 25.4 Å². The Bertz CT molecular complexity index is 346. The van der Waals surface area contributed by atoms with Crippen LogP contribution in [0.1, 0.15) is 18.4 Å². The normalized spacial score (nSPS) is 19.4. The SMILES string of the molecule is Cc1ccccc1NCC1(O)CCOCC1. The van der Waals surface area contributed by atoms with Crippen LogP contribution in [-0.2, 0) is 4.74 Å². The quantitative estimate of drug-likeness (QED) is 0.819. The third-order valence-corrected chi connectivity index (χ3v) is 3.18. The van der Waals surface area contributed by atoms with Crippen molar-refractivity contribution in [1.29, 1.82) is 0 Å². The smallest absolute Gasteiger partial charge is 0.0863 e. The molecule has 2 N–H and O–H groups in total. The average Bonchev–Trinajstić information content (AvgIpc) is 2.29. The number of para-hydroxylation sites is 1. The monoisotopic (exact) mass is 221 g/mol. The minimum atomic E-state index is -0.611. The molecule has 0 saturated carbocycles. The molecule has 0 amide bonds. The number of benzene rings is 1. The number of nitrogens with one attached hydrogen (secondary N) is 1. The molecule has 1 saturated heterocycles. The number of aryl methyl sites for hydroxylation is 1. The number of aliphatic hydroxyl groups is 1. The molecule has 3 heteroatoms. The van der Waals surface area contributed by atoms with Crippen molar-refractivity contribution in [2.24, 2.45) is 0 Å². The summed E-state index contributed by atoms with van der Waals surface area (Å²) in [6.07, 6.45) is 1.43. The van der Waals surface area contributed by atoms with E-state index in [0.717, 1.165) is 5.69 Å².